The van der Waals surface area contributed by atoms with Crippen molar-refractivity contribution in [3.05, 3.63) is 17.2 Å². The minimum Gasteiger partial charge on any atom is -0.380 e. The van der Waals surface area contributed by atoms with E-state index in [0.717, 1.165) is 16.7 Å². The number of rotatable bonds is 4. The predicted octanol–water partition coefficient (Wildman–Crippen LogP) is 2.79. The van der Waals surface area contributed by atoms with Crippen LogP contribution in [-0.2, 0) is 4.74 Å². The molecule has 0 fully saturated rings. The molecule has 0 radical (unpaired) electrons. The third-order valence-corrected chi connectivity index (χ3v) is 3.20. The summed E-state index contributed by atoms with van der Waals surface area (Å²) < 4.78 is 13.6. The summed E-state index contributed by atoms with van der Waals surface area (Å²) >= 11 is 7.31. The molecule has 0 amide bonds. The van der Waals surface area contributed by atoms with Crippen molar-refractivity contribution in [2.45, 2.75) is 13.0 Å². The molecule has 0 bridgehead atoms. The first-order valence-corrected chi connectivity index (χ1v) is 6.00. The van der Waals surface area contributed by atoms with Crippen LogP contribution in [0.25, 0.3) is 11.0 Å². The van der Waals surface area contributed by atoms with Crippen LogP contribution in [0.4, 0.5) is 5.69 Å². The molecule has 0 saturated carbocycles. The van der Waals surface area contributed by atoms with E-state index in [1.165, 1.54) is 11.7 Å². The van der Waals surface area contributed by atoms with Crippen LogP contribution in [0.1, 0.15) is 6.92 Å². The van der Waals surface area contributed by atoms with Gasteiger partial charge in [0.05, 0.1) is 28.5 Å². The Morgan fingerprint density at radius 3 is 3.06 bits per heavy atom. The summed E-state index contributed by atoms with van der Waals surface area (Å²) in [7, 11) is 1.68. The largest absolute Gasteiger partial charge is 0.380 e. The first-order chi connectivity index (χ1) is 7.72. The number of hydrogen-bond acceptors (Lipinski definition) is 5. The first kappa shape index (κ1) is 11.6. The van der Waals surface area contributed by atoms with Crippen molar-refractivity contribution in [1.29, 1.82) is 0 Å². The monoisotopic (exact) mass is 257 g/mol. The van der Waals surface area contributed by atoms with Gasteiger partial charge in [-0.2, -0.15) is 8.75 Å². The molecule has 0 spiro atoms. The van der Waals surface area contributed by atoms with Gasteiger partial charge in [-0.3, -0.25) is 0 Å². The molecule has 0 saturated heterocycles. The van der Waals surface area contributed by atoms with Gasteiger partial charge in [0.25, 0.3) is 0 Å². The van der Waals surface area contributed by atoms with Gasteiger partial charge in [0.15, 0.2) is 0 Å². The van der Waals surface area contributed by atoms with E-state index in [4.69, 9.17) is 16.3 Å². The van der Waals surface area contributed by atoms with Gasteiger partial charge in [-0.25, -0.2) is 0 Å². The Hall–Kier alpha value is -0.910. The van der Waals surface area contributed by atoms with Gasteiger partial charge in [-0.05, 0) is 19.1 Å². The van der Waals surface area contributed by atoms with Crippen LogP contribution in [-0.4, -0.2) is 28.5 Å². The summed E-state index contributed by atoms with van der Waals surface area (Å²) in [6.45, 7) is 2.67. The zero-order chi connectivity index (χ0) is 11.5. The van der Waals surface area contributed by atoms with Crippen molar-refractivity contribution in [3.63, 3.8) is 0 Å². The zero-order valence-electron chi connectivity index (χ0n) is 9.03. The number of aromatic nitrogens is 2. The summed E-state index contributed by atoms with van der Waals surface area (Å²) in [5.74, 6) is 0. The van der Waals surface area contributed by atoms with Crippen LogP contribution in [0.2, 0.25) is 5.02 Å². The van der Waals surface area contributed by atoms with Crippen LogP contribution < -0.4 is 5.32 Å². The predicted molar refractivity (Wildman–Crippen MR) is 67.4 cm³/mol. The highest BCUT2D eigenvalue weighted by Crippen LogP contribution is 2.29. The lowest BCUT2D eigenvalue weighted by atomic mass is 10.2. The lowest BCUT2D eigenvalue weighted by molar-refractivity contribution is 0.129. The molecule has 0 aliphatic heterocycles. The Labute approximate surface area is 103 Å². The summed E-state index contributed by atoms with van der Waals surface area (Å²) in [5.41, 5.74) is 2.51. The Morgan fingerprint density at radius 1 is 1.50 bits per heavy atom. The minimum atomic E-state index is 0.123. The molecule has 16 heavy (non-hydrogen) atoms. The van der Waals surface area contributed by atoms with E-state index in [-0.39, 0.29) is 6.10 Å². The number of halogens is 1. The zero-order valence-corrected chi connectivity index (χ0v) is 10.6. The van der Waals surface area contributed by atoms with Crippen molar-refractivity contribution >= 4 is 40.0 Å². The number of anilines is 1. The summed E-state index contributed by atoms with van der Waals surface area (Å²) in [6.07, 6.45) is 0.123. The molecule has 4 nitrogen and oxygen atoms in total. The van der Waals surface area contributed by atoms with Crippen LogP contribution >= 0.6 is 23.3 Å². The third kappa shape index (κ3) is 2.26. The summed E-state index contributed by atoms with van der Waals surface area (Å²) in [4.78, 5) is 0. The van der Waals surface area contributed by atoms with Gasteiger partial charge in [0.1, 0.15) is 11.0 Å². The van der Waals surface area contributed by atoms with Gasteiger partial charge >= 0.3 is 0 Å². The average molecular weight is 258 g/mol. The van der Waals surface area contributed by atoms with E-state index in [0.29, 0.717) is 11.6 Å². The normalized spacial score (nSPS) is 12.9. The van der Waals surface area contributed by atoms with Gasteiger partial charge in [-0.15, -0.1) is 0 Å². The van der Waals surface area contributed by atoms with E-state index in [1.54, 1.807) is 7.11 Å². The third-order valence-electron chi connectivity index (χ3n) is 2.35. The van der Waals surface area contributed by atoms with Crippen LogP contribution in [0.15, 0.2) is 12.1 Å². The van der Waals surface area contributed by atoms with Crippen molar-refractivity contribution in [1.82, 2.24) is 8.75 Å². The highest BCUT2D eigenvalue weighted by atomic mass is 35.5. The number of nitrogens with one attached hydrogen (secondary N) is 1. The molecular weight excluding hydrogens is 246 g/mol. The highest BCUT2D eigenvalue weighted by Gasteiger charge is 2.10. The lowest BCUT2D eigenvalue weighted by Gasteiger charge is -2.13. The van der Waals surface area contributed by atoms with Crippen molar-refractivity contribution < 1.29 is 4.74 Å². The SMILES string of the molecule is COC(C)CNc1c(Cl)ccc2nsnc12. The van der Waals surface area contributed by atoms with Crippen molar-refractivity contribution in [2.24, 2.45) is 0 Å². The van der Waals surface area contributed by atoms with E-state index in [9.17, 15) is 0 Å². The molecule has 1 N–H and O–H groups in total. The average Bonchev–Trinajstić information content (AvgIpc) is 2.75. The molecular formula is C10H12ClN3OS. The standard InChI is InChI=1S/C10H12ClN3OS/c1-6(15-2)5-12-9-7(11)3-4-8-10(9)14-16-13-8/h3-4,6,12H,5H2,1-2H3. The fraction of sp³-hybridized carbons (Fsp3) is 0.400. The van der Waals surface area contributed by atoms with Crippen LogP contribution in [0, 0.1) is 0 Å². The quantitative estimate of drug-likeness (QED) is 0.915. The molecule has 2 rings (SSSR count). The second-order valence-electron chi connectivity index (χ2n) is 3.48. The Kier molecular flexibility index (Phi) is 3.58. The van der Waals surface area contributed by atoms with Crippen molar-refractivity contribution in [3.8, 4) is 0 Å². The number of benzene rings is 1. The second kappa shape index (κ2) is 4.95. The van der Waals surface area contributed by atoms with Crippen LogP contribution in [0.5, 0.6) is 0 Å². The number of ether oxygens (including phenoxy) is 1. The molecule has 1 atom stereocenters. The van der Waals surface area contributed by atoms with Crippen molar-refractivity contribution in [2.75, 3.05) is 19.0 Å². The molecule has 86 valence electrons. The topological polar surface area (TPSA) is 47.0 Å². The maximum absolute atomic E-state index is 6.12. The number of nitrogens with zero attached hydrogens (tertiary/aromatic N) is 2. The summed E-state index contributed by atoms with van der Waals surface area (Å²) in [5, 5.41) is 3.90. The molecule has 0 aliphatic rings. The number of methoxy groups -OCH3 is 1. The summed E-state index contributed by atoms with van der Waals surface area (Å²) in [6, 6.07) is 3.69. The minimum absolute atomic E-state index is 0.123. The Morgan fingerprint density at radius 2 is 2.31 bits per heavy atom. The van der Waals surface area contributed by atoms with Gasteiger partial charge in [0.2, 0.25) is 0 Å². The van der Waals surface area contributed by atoms with Gasteiger partial charge < -0.3 is 10.1 Å². The highest BCUT2D eigenvalue weighted by molar-refractivity contribution is 7.00. The lowest BCUT2D eigenvalue weighted by Crippen LogP contribution is -2.18. The molecule has 1 heterocycles. The Balaban J connectivity index is 2.27. The molecule has 1 aromatic carbocycles. The van der Waals surface area contributed by atoms with E-state index in [2.05, 4.69) is 14.1 Å². The van der Waals surface area contributed by atoms with E-state index < -0.39 is 0 Å². The fourth-order valence-electron chi connectivity index (χ4n) is 1.32. The van der Waals surface area contributed by atoms with Gasteiger partial charge in [0, 0.05) is 13.7 Å². The molecule has 0 aliphatic carbocycles. The van der Waals surface area contributed by atoms with E-state index in [1.807, 2.05) is 19.1 Å². The maximum atomic E-state index is 6.12. The second-order valence-corrected chi connectivity index (χ2v) is 4.42. The van der Waals surface area contributed by atoms with Crippen LogP contribution in [0.3, 0.4) is 0 Å². The van der Waals surface area contributed by atoms with Gasteiger partial charge in [-0.1, -0.05) is 11.6 Å². The number of fused-ring (bicyclic) bond motifs is 1. The number of hydrogen-bond donors (Lipinski definition) is 1. The molecule has 1 aromatic heterocycles. The fourth-order valence-corrected chi connectivity index (χ4v) is 2.09. The molecule has 6 heteroatoms. The smallest absolute Gasteiger partial charge is 0.129 e. The molecule has 2 aromatic rings. The Bertz CT molecular complexity index is 488. The first-order valence-electron chi connectivity index (χ1n) is 4.90. The maximum Gasteiger partial charge on any atom is 0.129 e. The molecule has 1 unspecified atom stereocenters. The van der Waals surface area contributed by atoms with E-state index >= 15 is 0 Å².